The summed E-state index contributed by atoms with van der Waals surface area (Å²) in [6.07, 6.45) is 1.55. The molecule has 3 rings (SSSR count). The van der Waals surface area contributed by atoms with E-state index < -0.39 is 9.84 Å². The number of carbonyl (C=O) groups is 1. The Morgan fingerprint density at radius 3 is 2.36 bits per heavy atom. The average molecular weight is 470 g/mol. The number of methoxy groups -OCH3 is 1. The van der Waals surface area contributed by atoms with E-state index in [2.05, 4.69) is 4.98 Å². The van der Waals surface area contributed by atoms with Gasteiger partial charge in [-0.1, -0.05) is 48.0 Å². The number of amides is 1. The van der Waals surface area contributed by atoms with Crippen molar-refractivity contribution in [2.45, 2.75) is 50.8 Å². The topological polar surface area (TPSA) is 81.5 Å². The number of ether oxygens (including phenoxy) is 1. The fraction of sp³-hybridized carbons (Fsp3) is 0.360. The molecule has 0 saturated carbocycles. The molecule has 0 saturated heterocycles. The van der Waals surface area contributed by atoms with E-state index in [1.165, 1.54) is 0 Å². The van der Waals surface area contributed by atoms with Crippen molar-refractivity contribution in [1.82, 2.24) is 14.5 Å². The molecule has 1 amide bonds. The highest BCUT2D eigenvalue weighted by Gasteiger charge is 2.26. The number of aryl methyl sites for hydroxylation is 1. The van der Waals surface area contributed by atoms with Gasteiger partial charge in [-0.2, -0.15) is 0 Å². The third-order valence-corrected chi connectivity index (χ3v) is 7.01. The molecule has 2 aromatic carbocycles. The lowest BCUT2D eigenvalue weighted by Crippen LogP contribution is -2.37. The Bertz CT molecular complexity index is 1170. The van der Waals surface area contributed by atoms with Crippen LogP contribution in [-0.4, -0.2) is 48.5 Å². The maximum atomic E-state index is 13.3. The van der Waals surface area contributed by atoms with Gasteiger partial charge < -0.3 is 14.2 Å². The van der Waals surface area contributed by atoms with Gasteiger partial charge in [0.15, 0.2) is 0 Å². The van der Waals surface area contributed by atoms with Crippen molar-refractivity contribution in [1.29, 1.82) is 0 Å². The molecule has 1 aromatic heterocycles. The van der Waals surface area contributed by atoms with Gasteiger partial charge in [0.1, 0.15) is 0 Å². The van der Waals surface area contributed by atoms with Crippen LogP contribution in [0.5, 0.6) is 0 Å². The van der Waals surface area contributed by atoms with Crippen molar-refractivity contribution in [2.75, 3.05) is 13.7 Å². The fourth-order valence-corrected chi connectivity index (χ4v) is 5.08. The predicted octanol–water partition coefficient (Wildman–Crippen LogP) is 3.86. The monoisotopic (exact) mass is 469 g/mol. The van der Waals surface area contributed by atoms with Gasteiger partial charge in [-0.25, -0.2) is 13.4 Å². The van der Waals surface area contributed by atoms with Crippen LogP contribution in [-0.2, 0) is 33.4 Å². The minimum atomic E-state index is -3.70. The zero-order chi connectivity index (χ0) is 24.0. The van der Waals surface area contributed by atoms with Crippen LogP contribution in [0, 0.1) is 6.92 Å². The Morgan fingerprint density at radius 2 is 1.76 bits per heavy atom. The van der Waals surface area contributed by atoms with Crippen LogP contribution >= 0.6 is 0 Å². The molecule has 8 heteroatoms. The largest absolute Gasteiger partial charge is 0.383 e. The predicted molar refractivity (Wildman–Crippen MR) is 128 cm³/mol. The highest BCUT2D eigenvalue weighted by molar-refractivity contribution is 7.90. The summed E-state index contributed by atoms with van der Waals surface area (Å²) in [5.41, 5.74) is 3.00. The number of carbonyl (C=O) groups excluding carboxylic acids is 1. The molecule has 1 heterocycles. The molecule has 0 radical (unpaired) electrons. The van der Waals surface area contributed by atoms with Crippen LogP contribution in [0.4, 0.5) is 0 Å². The van der Waals surface area contributed by atoms with Crippen LogP contribution < -0.4 is 0 Å². The van der Waals surface area contributed by atoms with E-state index in [0.29, 0.717) is 30.0 Å². The number of imidazole rings is 1. The smallest absolute Gasteiger partial charge is 0.254 e. The molecule has 0 aliphatic carbocycles. The highest BCUT2D eigenvalue weighted by Crippen LogP contribution is 2.21. The first kappa shape index (κ1) is 24.7. The Morgan fingerprint density at radius 1 is 1.09 bits per heavy atom. The standard InChI is InChI=1S/C25H31N3O4S/c1-19(2)28(24(29)22-8-6-5-7-9-22)17-23-16-26-25(27(23)14-15-32-4)33(30,31)18-21-12-10-20(3)11-13-21/h5-13,16,19H,14-15,17-18H2,1-4H3. The van der Waals surface area contributed by atoms with Gasteiger partial charge in [0.2, 0.25) is 15.0 Å². The van der Waals surface area contributed by atoms with Gasteiger partial charge in [-0.15, -0.1) is 0 Å². The molecule has 0 N–H and O–H groups in total. The summed E-state index contributed by atoms with van der Waals surface area (Å²) in [5, 5.41) is -0.00834. The van der Waals surface area contributed by atoms with Crippen molar-refractivity contribution in [3.63, 3.8) is 0 Å². The third-order valence-electron chi connectivity index (χ3n) is 5.41. The summed E-state index contributed by atoms with van der Waals surface area (Å²) < 4.78 is 33.4. The first-order chi connectivity index (χ1) is 15.7. The van der Waals surface area contributed by atoms with Crippen LogP contribution in [0.2, 0.25) is 0 Å². The van der Waals surface area contributed by atoms with Crippen LogP contribution in [0.3, 0.4) is 0 Å². The van der Waals surface area contributed by atoms with Crippen LogP contribution in [0.1, 0.15) is 41.0 Å². The summed E-state index contributed by atoms with van der Waals surface area (Å²) in [6, 6.07) is 16.4. The summed E-state index contributed by atoms with van der Waals surface area (Å²) in [4.78, 5) is 19.1. The average Bonchev–Trinajstić information content (AvgIpc) is 3.21. The molecule has 0 unspecified atom stereocenters. The van der Waals surface area contributed by atoms with E-state index >= 15 is 0 Å². The second kappa shape index (κ2) is 10.8. The molecule has 0 aliphatic rings. The molecule has 33 heavy (non-hydrogen) atoms. The Balaban J connectivity index is 1.93. The molecule has 0 atom stereocenters. The quantitative estimate of drug-likeness (QED) is 0.450. The Labute approximate surface area is 195 Å². The lowest BCUT2D eigenvalue weighted by atomic mass is 10.1. The summed E-state index contributed by atoms with van der Waals surface area (Å²) in [6.45, 7) is 6.71. The van der Waals surface area contributed by atoms with Gasteiger partial charge >= 0.3 is 0 Å². The Hall–Kier alpha value is -2.97. The minimum Gasteiger partial charge on any atom is -0.383 e. The van der Waals surface area contributed by atoms with Crippen LogP contribution in [0.15, 0.2) is 66.0 Å². The molecule has 3 aromatic rings. The van der Waals surface area contributed by atoms with Crippen molar-refractivity contribution in [2.24, 2.45) is 0 Å². The summed E-state index contributed by atoms with van der Waals surface area (Å²) >= 11 is 0. The van der Waals surface area contributed by atoms with Gasteiger partial charge in [-0.3, -0.25) is 4.79 Å². The molecular formula is C25H31N3O4S. The van der Waals surface area contributed by atoms with Crippen molar-refractivity contribution in [3.8, 4) is 0 Å². The van der Waals surface area contributed by atoms with Crippen LogP contribution in [0.25, 0.3) is 0 Å². The number of benzene rings is 2. The van der Waals surface area contributed by atoms with E-state index in [1.807, 2.05) is 63.2 Å². The summed E-state index contributed by atoms with van der Waals surface area (Å²) in [7, 11) is -2.14. The zero-order valence-electron chi connectivity index (χ0n) is 19.6. The van der Waals surface area contributed by atoms with E-state index in [0.717, 1.165) is 5.56 Å². The van der Waals surface area contributed by atoms with E-state index in [4.69, 9.17) is 4.74 Å². The Kier molecular flexibility index (Phi) is 8.05. The molecule has 0 aliphatic heterocycles. The van der Waals surface area contributed by atoms with Gasteiger partial charge in [-0.05, 0) is 38.5 Å². The molecule has 0 spiro atoms. The maximum Gasteiger partial charge on any atom is 0.254 e. The van der Waals surface area contributed by atoms with Crippen molar-refractivity contribution >= 4 is 15.7 Å². The molecule has 0 fully saturated rings. The number of hydrogen-bond acceptors (Lipinski definition) is 5. The first-order valence-corrected chi connectivity index (χ1v) is 12.6. The van der Waals surface area contributed by atoms with Gasteiger partial charge in [0.25, 0.3) is 5.91 Å². The number of aromatic nitrogens is 2. The second-order valence-electron chi connectivity index (χ2n) is 8.31. The second-order valence-corrected chi connectivity index (χ2v) is 10.2. The molecule has 7 nitrogen and oxygen atoms in total. The lowest BCUT2D eigenvalue weighted by molar-refractivity contribution is 0.0684. The number of nitrogens with zero attached hydrogens (tertiary/aromatic N) is 3. The van der Waals surface area contributed by atoms with Gasteiger partial charge in [0, 0.05) is 25.3 Å². The maximum absolute atomic E-state index is 13.3. The van der Waals surface area contributed by atoms with Gasteiger partial charge in [0.05, 0.1) is 30.8 Å². The van der Waals surface area contributed by atoms with E-state index in [-0.39, 0.29) is 29.4 Å². The van der Waals surface area contributed by atoms with E-state index in [1.54, 1.807) is 34.9 Å². The molecule has 176 valence electrons. The van der Waals surface area contributed by atoms with Crippen molar-refractivity contribution < 1.29 is 17.9 Å². The summed E-state index contributed by atoms with van der Waals surface area (Å²) in [5.74, 6) is -0.262. The number of rotatable bonds is 10. The fourth-order valence-electron chi connectivity index (χ4n) is 3.57. The number of hydrogen-bond donors (Lipinski definition) is 0. The number of sulfone groups is 1. The SMILES string of the molecule is COCCn1c(CN(C(=O)c2ccccc2)C(C)C)cnc1S(=O)(=O)Cc1ccc(C)cc1. The first-order valence-electron chi connectivity index (χ1n) is 10.9. The molecular weight excluding hydrogens is 438 g/mol. The minimum absolute atomic E-state index is 0.00834. The molecule has 0 bridgehead atoms. The normalized spacial score (nSPS) is 11.7. The lowest BCUT2D eigenvalue weighted by Gasteiger charge is -2.27. The van der Waals surface area contributed by atoms with E-state index in [9.17, 15) is 13.2 Å². The zero-order valence-corrected chi connectivity index (χ0v) is 20.4. The van der Waals surface area contributed by atoms with Crippen molar-refractivity contribution in [3.05, 3.63) is 83.2 Å². The third kappa shape index (κ3) is 6.09. The highest BCUT2D eigenvalue weighted by atomic mass is 32.2.